The van der Waals surface area contributed by atoms with Gasteiger partial charge >= 0.3 is 0 Å². The molecule has 1 aliphatic carbocycles. The normalized spacial score (nSPS) is 22.7. The second-order valence-corrected chi connectivity index (χ2v) is 5.83. The average Bonchev–Trinajstić information content (AvgIpc) is 2.92. The van der Waals surface area contributed by atoms with Crippen LogP contribution in [0, 0.1) is 0 Å². The Balaban J connectivity index is 1.53. The molecule has 1 heterocycles. The molecule has 0 aromatic heterocycles. The summed E-state index contributed by atoms with van der Waals surface area (Å²) in [7, 11) is 0. The van der Waals surface area contributed by atoms with Gasteiger partial charge in [-0.05, 0) is 50.4 Å². The van der Waals surface area contributed by atoms with Crippen molar-refractivity contribution in [2.45, 2.75) is 51.2 Å². The van der Waals surface area contributed by atoms with E-state index in [2.05, 4.69) is 35.8 Å². The molecular weight excluding hydrogens is 236 g/mol. The zero-order valence-corrected chi connectivity index (χ0v) is 11.7. The molecule has 1 saturated carbocycles. The van der Waals surface area contributed by atoms with E-state index in [4.69, 9.17) is 4.74 Å². The van der Waals surface area contributed by atoms with Crippen LogP contribution >= 0.6 is 0 Å². The van der Waals surface area contributed by atoms with Crippen molar-refractivity contribution in [1.29, 1.82) is 0 Å². The molecule has 2 aliphatic rings. The van der Waals surface area contributed by atoms with Crippen LogP contribution in [0.4, 0.5) is 5.69 Å². The number of hydrogen-bond acceptors (Lipinski definition) is 3. The summed E-state index contributed by atoms with van der Waals surface area (Å²) in [4.78, 5) is 0. The fraction of sp³-hybridized carbons (Fsp3) is 0.625. The van der Waals surface area contributed by atoms with Crippen LogP contribution in [0.25, 0.3) is 0 Å². The van der Waals surface area contributed by atoms with Crippen LogP contribution in [0.2, 0.25) is 0 Å². The second-order valence-electron chi connectivity index (χ2n) is 5.83. The van der Waals surface area contributed by atoms with E-state index >= 15 is 0 Å². The lowest BCUT2D eigenvalue weighted by Crippen LogP contribution is -2.28. The van der Waals surface area contributed by atoms with E-state index in [0.29, 0.717) is 0 Å². The molecule has 3 nitrogen and oxygen atoms in total. The zero-order chi connectivity index (χ0) is 13.1. The zero-order valence-electron chi connectivity index (χ0n) is 11.7. The Kier molecular flexibility index (Phi) is 3.92. The molecule has 1 aliphatic heterocycles. The van der Waals surface area contributed by atoms with Gasteiger partial charge in [-0.15, -0.1) is 0 Å². The van der Waals surface area contributed by atoms with E-state index in [1.807, 2.05) is 0 Å². The molecule has 0 radical (unpaired) electrons. The van der Waals surface area contributed by atoms with Crippen LogP contribution in [0.15, 0.2) is 18.2 Å². The fourth-order valence-electron chi connectivity index (χ4n) is 3.04. The van der Waals surface area contributed by atoms with E-state index in [-0.39, 0.29) is 6.10 Å². The predicted octanol–water partition coefficient (Wildman–Crippen LogP) is 2.95. The van der Waals surface area contributed by atoms with Crippen LogP contribution in [-0.2, 0) is 6.42 Å². The number of fused-ring (bicyclic) bond motifs is 1. The molecule has 1 aromatic carbocycles. The Morgan fingerprint density at radius 2 is 2.16 bits per heavy atom. The van der Waals surface area contributed by atoms with Gasteiger partial charge in [0.15, 0.2) is 0 Å². The first-order chi connectivity index (χ1) is 9.31. The smallest absolute Gasteiger partial charge is 0.142 e. The third-order valence-corrected chi connectivity index (χ3v) is 4.15. The van der Waals surface area contributed by atoms with E-state index in [1.54, 1.807) is 0 Å². The molecule has 1 atom stereocenters. The Morgan fingerprint density at radius 1 is 1.32 bits per heavy atom. The summed E-state index contributed by atoms with van der Waals surface area (Å²) < 4.78 is 5.79. The predicted molar refractivity (Wildman–Crippen MR) is 79.0 cm³/mol. The van der Waals surface area contributed by atoms with Gasteiger partial charge in [0, 0.05) is 6.04 Å². The summed E-state index contributed by atoms with van der Waals surface area (Å²) >= 11 is 0. The van der Waals surface area contributed by atoms with Gasteiger partial charge in [-0.2, -0.15) is 0 Å². The maximum Gasteiger partial charge on any atom is 0.142 e. The van der Waals surface area contributed by atoms with E-state index in [1.165, 1.54) is 31.2 Å². The number of rotatable bonds is 4. The molecule has 1 fully saturated rings. The molecule has 0 amide bonds. The maximum atomic E-state index is 5.79. The summed E-state index contributed by atoms with van der Waals surface area (Å²) in [6, 6.07) is 7.29. The lowest BCUT2D eigenvalue weighted by atomic mass is 10.1. The number of ether oxygens (including phenoxy) is 1. The molecule has 3 heteroatoms. The van der Waals surface area contributed by atoms with Gasteiger partial charge in [0.2, 0.25) is 0 Å². The molecular formula is C16H24N2O. The number of hydrogen-bond donors (Lipinski definition) is 2. The van der Waals surface area contributed by atoms with Gasteiger partial charge in [0.1, 0.15) is 11.9 Å². The highest BCUT2D eigenvalue weighted by molar-refractivity contribution is 5.59. The Bertz CT molecular complexity index is 427. The quantitative estimate of drug-likeness (QED) is 0.873. The van der Waals surface area contributed by atoms with Crippen molar-refractivity contribution in [3.05, 3.63) is 23.8 Å². The Hall–Kier alpha value is -1.22. The molecule has 1 unspecified atom stereocenters. The highest BCUT2D eigenvalue weighted by atomic mass is 16.5. The van der Waals surface area contributed by atoms with Crippen molar-refractivity contribution in [2.75, 3.05) is 18.4 Å². The van der Waals surface area contributed by atoms with E-state index in [9.17, 15) is 0 Å². The summed E-state index contributed by atoms with van der Waals surface area (Å²) in [6.07, 6.45) is 6.88. The van der Waals surface area contributed by atoms with Crippen LogP contribution in [-0.4, -0.2) is 25.2 Å². The fourth-order valence-corrected chi connectivity index (χ4v) is 3.04. The van der Waals surface area contributed by atoms with Crippen molar-refractivity contribution in [1.82, 2.24) is 5.32 Å². The minimum atomic E-state index is 0.266. The minimum absolute atomic E-state index is 0.266. The van der Waals surface area contributed by atoms with Crippen LogP contribution in [0.1, 0.15) is 38.2 Å². The van der Waals surface area contributed by atoms with Gasteiger partial charge < -0.3 is 15.4 Å². The topological polar surface area (TPSA) is 33.3 Å². The average molecular weight is 260 g/mol. The van der Waals surface area contributed by atoms with Crippen molar-refractivity contribution >= 4 is 5.69 Å². The number of anilines is 1. The third kappa shape index (κ3) is 3.21. The number of nitrogens with one attached hydrogen (secondary N) is 2. The van der Waals surface area contributed by atoms with E-state index < -0.39 is 0 Å². The van der Waals surface area contributed by atoms with Crippen molar-refractivity contribution in [3.63, 3.8) is 0 Å². The minimum Gasteiger partial charge on any atom is -0.487 e. The molecule has 3 rings (SSSR count). The van der Waals surface area contributed by atoms with E-state index in [0.717, 1.165) is 37.0 Å². The summed E-state index contributed by atoms with van der Waals surface area (Å²) in [5.41, 5.74) is 2.53. The van der Waals surface area contributed by atoms with Gasteiger partial charge in [-0.25, -0.2) is 0 Å². The largest absolute Gasteiger partial charge is 0.487 e. The first-order valence-electron chi connectivity index (χ1n) is 7.58. The molecule has 0 bridgehead atoms. The summed E-state index contributed by atoms with van der Waals surface area (Å²) in [5, 5.41) is 7.10. The lowest BCUT2D eigenvalue weighted by molar-refractivity contribution is 0.226. The molecule has 1 aromatic rings. The molecule has 0 saturated heterocycles. The summed E-state index contributed by atoms with van der Waals surface area (Å²) in [6.45, 7) is 4.08. The second kappa shape index (κ2) is 5.83. The SMILES string of the molecule is CC1CNc2cc(CCNC3CCCC3)ccc2O1. The Morgan fingerprint density at radius 3 is 3.00 bits per heavy atom. The monoisotopic (exact) mass is 260 g/mol. The lowest BCUT2D eigenvalue weighted by Gasteiger charge is -2.25. The van der Waals surface area contributed by atoms with Crippen molar-refractivity contribution in [2.24, 2.45) is 0 Å². The standard InChI is InChI=1S/C16H24N2O/c1-12-11-18-15-10-13(6-7-16(15)19-12)8-9-17-14-4-2-3-5-14/h6-7,10,12,14,17-18H,2-5,8-9,11H2,1H3. The highest BCUT2D eigenvalue weighted by Gasteiger charge is 2.16. The molecule has 19 heavy (non-hydrogen) atoms. The number of benzene rings is 1. The summed E-state index contributed by atoms with van der Waals surface area (Å²) in [5.74, 6) is 0.992. The van der Waals surface area contributed by atoms with Crippen LogP contribution in [0.3, 0.4) is 0 Å². The first-order valence-corrected chi connectivity index (χ1v) is 7.58. The first kappa shape index (κ1) is 12.8. The van der Waals surface area contributed by atoms with Gasteiger partial charge in [-0.1, -0.05) is 18.9 Å². The highest BCUT2D eigenvalue weighted by Crippen LogP contribution is 2.30. The van der Waals surface area contributed by atoms with Gasteiger partial charge in [-0.3, -0.25) is 0 Å². The van der Waals surface area contributed by atoms with Gasteiger partial charge in [0.05, 0.1) is 12.2 Å². The third-order valence-electron chi connectivity index (χ3n) is 4.15. The maximum absolute atomic E-state index is 5.79. The molecule has 0 spiro atoms. The van der Waals surface area contributed by atoms with Crippen LogP contribution < -0.4 is 15.4 Å². The van der Waals surface area contributed by atoms with Gasteiger partial charge in [0.25, 0.3) is 0 Å². The molecule has 2 N–H and O–H groups in total. The van der Waals surface area contributed by atoms with Crippen molar-refractivity contribution < 1.29 is 4.74 Å². The van der Waals surface area contributed by atoms with Crippen LogP contribution in [0.5, 0.6) is 5.75 Å². The Labute approximate surface area is 115 Å². The molecule has 104 valence electrons. The van der Waals surface area contributed by atoms with Crippen molar-refractivity contribution in [3.8, 4) is 5.75 Å².